The molecule has 1 heterocycles. The molecule has 5 heteroatoms. The van der Waals surface area contributed by atoms with Gasteiger partial charge in [0.15, 0.2) is 5.78 Å². The Morgan fingerprint density at radius 3 is 2.35 bits per heavy atom. The molecule has 1 aromatic rings. The Kier molecular flexibility index (Phi) is 3.32. The second kappa shape index (κ2) is 4.58. The van der Waals surface area contributed by atoms with Crippen molar-refractivity contribution in [1.29, 1.82) is 0 Å². The van der Waals surface area contributed by atoms with Gasteiger partial charge in [0.05, 0.1) is 5.56 Å². The van der Waals surface area contributed by atoms with E-state index in [2.05, 4.69) is 4.98 Å². The van der Waals surface area contributed by atoms with Crippen molar-refractivity contribution in [3.05, 3.63) is 32.7 Å². The molecule has 0 unspecified atom stereocenters. The number of ketones is 1. The predicted molar refractivity (Wildman–Crippen MR) is 74.5 cm³/mol. The monoisotopic (exact) mass is 277 g/mol. The molecule has 0 spiro atoms. The van der Waals surface area contributed by atoms with Gasteiger partial charge in [-0.3, -0.25) is 9.59 Å². The SMILES string of the molecule is CC(C)c1[nH]c2c(c(=O)c1C(=O)O)C(=O)CC(C)(C)C2. The molecule has 0 aliphatic heterocycles. The average Bonchev–Trinajstić information content (AvgIpc) is 2.24. The summed E-state index contributed by atoms with van der Waals surface area (Å²) in [5, 5.41) is 9.25. The van der Waals surface area contributed by atoms with E-state index in [-0.39, 0.29) is 34.7 Å². The van der Waals surface area contributed by atoms with Gasteiger partial charge in [0.1, 0.15) is 5.56 Å². The summed E-state index contributed by atoms with van der Waals surface area (Å²) in [6.07, 6.45) is 0.839. The van der Waals surface area contributed by atoms with Crippen molar-refractivity contribution in [3.8, 4) is 0 Å². The number of pyridine rings is 1. The first-order chi connectivity index (χ1) is 9.14. The maximum atomic E-state index is 12.4. The van der Waals surface area contributed by atoms with Gasteiger partial charge < -0.3 is 10.1 Å². The number of carbonyl (C=O) groups is 2. The van der Waals surface area contributed by atoms with Crippen molar-refractivity contribution in [2.75, 3.05) is 0 Å². The lowest BCUT2D eigenvalue weighted by molar-refractivity contribution is 0.0693. The highest BCUT2D eigenvalue weighted by Gasteiger charge is 2.35. The van der Waals surface area contributed by atoms with Crippen LogP contribution in [-0.2, 0) is 6.42 Å². The van der Waals surface area contributed by atoms with Gasteiger partial charge in [-0.15, -0.1) is 0 Å². The molecule has 5 nitrogen and oxygen atoms in total. The molecule has 0 fully saturated rings. The number of aromatic carboxylic acids is 1. The topological polar surface area (TPSA) is 87.2 Å². The van der Waals surface area contributed by atoms with Crippen LogP contribution in [0.3, 0.4) is 0 Å². The van der Waals surface area contributed by atoms with E-state index in [1.807, 2.05) is 27.7 Å². The normalized spacial score (nSPS) is 17.1. The minimum Gasteiger partial charge on any atom is -0.477 e. The molecular formula is C15H19NO4. The minimum absolute atomic E-state index is 0.0334. The maximum Gasteiger partial charge on any atom is 0.341 e. The molecule has 0 amide bonds. The Balaban J connectivity index is 2.80. The van der Waals surface area contributed by atoms with Crippen LogP contribution in [0.2, 0.25) is 0 Å². The third-order valence-corrected chi connectivity index (χ3v) is 3.68. The van der Waals surface area contributed by atoms with E-state index in [9.17, 15) is 19.5 Å². The smallest absolute Gasteiger partial charge is 0.341 e. The Hall–Kier alpha value is -1.91. The van der Waals surface area contributed by atoms with E-state index in [1.165, 1.54) is 0 Å². The van der Waals surface area contributed by atoms with Gasteiger partial charge >= 0.3 is 5.97 Å². The third-order valence-electron chi connectivity index (χ3n) is 3.68. The van der Waals surface area contributed by atoms with Gasteiger partial charge in [0.2, 0.25) is 5.43 Å². The number of H-pyrrole nitrogens is 1. The van der Waals surface area contributed by atoms with Gasteiger partial charge in [-0.2, -0.15) is 0 Å². The maximum absolute atomic E-state index is 12.4. The largest absolute Gasteiger partial charge is 0.477 e. The highest BCUT2D eigenvalue weighted by atomic mass is 16.4. The molecule has 2 N–H and O–H groups in total. The van der Waals surface area contributed by atoms with E-state index in [0.717, 1.165) is 0 Å². The molecule has 20 heavy (non-hydrogen) atoms. The van der Waals surface area contributed by atoms with Crippen molar-refractivity contribution >= 4 is 11.8 Å². The molecule has 0 aromatic carbocycles. The van der Waals surface area contributed by atoms with Crippen LogP contribution in [0.15, 0.2) is 4.79 Å². The van der Waals surface area contributed by atoms with Crippen LogP contribution in [0, 0.1) is 5.41 Å². The molecule has 0 radical (unpaired) electrons. The lowest BCUT2D eigenvalue weighted by Crippen LogP contribution is -2.36. The summed E-state index contributed by atoms with van der Waals surface area (Å²) in [6.45, 7) is 7.57. The van der Waals surface area contributed by atoms with Crippen LogP contribution in [0.1, 0.15) is 72.1 Å². The zero-order valence-corrected chi connectivity index (χ0v) is 12.2. The zero-order chi connectivity index (χ0) is 15.2. The van der Waals surface area contributed by atoms with E-state index in [1.54, 1.807) is 0 Å². The number of rotatable bonds is 2. The quantitative estimate of drug-likeness (QED) is 0.868. The lowest BCUT2D eigenvalue weighted by atomic mass is 9.75. The Bertz CT molecular complexity index is 653. The fraction of sp³-hybridized carbons (Fsp3) is 0.533. The second-order valence-electron chi connectivity index (χ2n) is 6.50. The Labute approximate surface area is 117 Å². The molecule has 2 rings (SSSR count). The first kappa shape index (κ1) is 14.5. The Morgan fingerprint density at radius 2 is 1.85 bits per heavy atom. The van der Waals surface area contributed by atoms with Crippen molar-refractivity contribution in [2.24, 2.45) is 5.41 Å². The molecular weight excluding hydrogens is 258 g/mol. The first-order valence-electron chi connectivity index (χ1n) is 6.69. The summed E-state index contributed by atoms with van der Waals surface area (Å²) in [4.78, 5) is 38.9. The summed E-state index contributed by atoms with van der Waals surface area (Å²) in [7, 11) is 0. The third kappa shape index (κ3) is 2.28. The van der Waals surface area contributed by atoms with Crippen molar-refractivity contribution < 1.29 is 14.7 Å². The highest BCUT2D eigenvalue weighted by Crippen LogP contribution is 2.33. The van der Waals surface area contributed by atoms with E-state index >= 15 is 0 Å². The summed E-state index contributed by atoms with van der Waals surface area (Å²) in [5.41, 5.74) is -0.156. The van der Waals surface area contributed by atoms with Crippen LogP contribution in [0.5, 0.6) is 0 Å². The van der Waals surface area contributed by atoms with Crippen LogP contribution in [0.25, 0.3) is 0 Å². The van der Waals surface area contributed by atoms with Gasteiger partial charge in [-0.1, -0.05) is 27.7 Å². The highest BCUT2D eigenvalue weighted by molar-refractivity contribution is 6.01. The molecule has 1 aromatic heterocycles. The van der Waals surface area contributed by atoms with E-state index in [0.29, 0.717) is 17.8 Å². The zero-order valence-electron chi connectivity index (χ0n) is 12.2. The van der Waals surface area contributed by atoms with Gasteiger partial charge in [-0.05, 0) is 17.8 Å². The van der Waals surface area contributed by atoms with Crippen LogP contribution in [-0.4, -0.2) is 21.8 Å². The van der Waals surface area contributed by atoms with E-state index in [4.69, 9.17) is 0 Å². The minimum atomic E-state index is -1.28. The van der Waals surface area contributed by atoms with Crippen LogP contribution in [0.4, 0.5) is 0 Å². The fourth-order valence-electron chi connectivity index (χ4n) is 2.81. The van der Waals surface area contributed by atoms with Crippen LogP contribution >= 0.6 is 0 Å². The van der Waals surface area contributed by atoms with Crippen LogP contribution < -0.4 is 5.43 Å². The van der Waals surface area contributed by atoms with Crippen molar-refractivity contribution in [1.82, 2.24) is 4.98 Å². The number of hydrogen-bond donors (Lipinski definition) is 2. The number of carboxylic acid groups (broad SMARTS) is 1. The average molecular weight is 277 g/mol. The van der Waals surface area contributed by atoms with Gasteiger partial charge in [-0.25, -0.2) is 4.79 Å². The lowest BCUT2D eigenvalue weighted by Gasteiger charge is -2.30. The molecule has 0 saturated heterocycles. The Morgan fingerprint density at radius 1 is 1.25 bits per heavy atom. The number of hydrogen-bond acceptors (Lipinski definition) is 3. The molecule has 1 aliphatic rings. The standard InChI is InChI=1S/C15H19NO4/c1-7(2)12-11(14(19)20)13(18)10-8(16-12)5-15(3,4)6-9(10)17/h7H,5-6H2,1-4H3,(H,16,18)(H,19,20). The van der Waals surface area contributed by atoms with E-state index < -0.39 is 11.4 Å². The number of fused-ring (bicyclic) bond motifs is 1. The van der Waals surface area contributed by atoms with Gasteiger partial charge in [0, 0.05) is 17.8 Å². The molecule has 108 valence electrons. The number of nitrogens with one attached hydrogen (secondary N) is 1. The number of carboxylic acids is 1. The van der Waals surface area contributed by atoms with Crippen molar-refractivity contribution in [2.45, 2.75) is 46.5 Å². The van der Waals surface area contributed by atoms with Crippen molar-refractivity contribution in [3.63, 3.8) is 0 Å². The molecule has 0 atom stereocenters. The fourth-order valence-corrected chi connectivity index (χ4v) is 2.81. The number of aromatic amines is 1. The summed E-state index contributed by atoms with van der Waals surface area (Å²) >= 11 is 0. The summed E-state index contributed by atoms with van der Waals surface area (Å²) in [6, 6.07) is 0. The number of Topliss-reactive ketones (excluding diaryl/α,β-unsaturated/α-hetero) is 1. The number of carbonyl (C=O) groups excluding carboxylic acids is 1. The molecule has 0 saturated carbocycles. The molecule has 0 bridgehead atoms. The predicted octanol–water partition coefficient (Wildman–Crippen LogP) is 2.35. The first-order valence-corrected chi connectivity index (χ1v) is 6.69. The second-order valence-corrected chi connectivity index (χ2v) is 6.50. The number of aromatic nitrogens is 1. The summed E-state index contributed by atoms with van der Waals surface area (Å²) < 4.78 is 0. The summed E-state index contributed by atoms with van der Waals surface area (Å²) in [5.74, 6) is -1.68. The van der Waals surface area contributed by atoms with Gasteiger partial charge in [0.25, 0.3) is 0 Å². The molecule has 1 aliphatic carbocycles.